The zero-order valence-electron chi connectivity index (χ0n) is 22.1. The summed E-state index contributed by atoms with van der Waals surface area (Å²) in [5, 5.41) is 2.45. The Balaban J connectivity index is 3.10. The molecule has 0 saturated carbocycles. The first-order chi connectivity index (χ1) is 12.7. The molecule has 1 heterocycles. The van der Waals surface area contributed by atoms with Gasteiger partial charge in [-0.1, -0.05) is 93.5 Å². The fourth-order valence-corrected chi connectivity index (χ4v) is 4.67. The Morgan fingerprint density at radius 2 is 1.34 bits per heavy atom. The molecule has 1 fully saturated rings. The highest BCUT2D eigenvalue weighted by Crippen LogP contribution is 2.54. The molecule has 0 bridgehead atoms. The number of hydrogen-bond acceptors (Lipinski definition) is 2. The van der Waals surface area contributed by atoms with Crippen LogP contribution < -0.4 is 5.43 Å². The van der Waals surface area contributed by atoms with Gasteiger partial charge in [0.05, 0.1) is 6.17 Å². The molecule has 5 unspecified atom stereocenters. The van der Waals surface area contributed by atoms with Gasteiger partial charge < -0.3 is 0 Å². The average molecular weight is 405 g/mol. The molecule has 0 amide bonds. The summed E-state index contributed by atoms with van der Waals surface area (Å²) in [5.74, 6) is 0.953. The number of rotatable bonds is 9. The number of allylic oxidation sites excluding steroid dienone is 1. The van der Waals surface area contributed by atoms with Gasteiger partial charge in [-0.2, -0.15) is 0 Å². The van der Waals surface area contributed by atoms with Crippen LogP contribution in [-0.2, 0) is 0 Å². The molecular weight excluding hydrogens is 352 g/mol. The van der Waals surface area contributed by atoms with Crippen LogP contribution in [0.4, 0.5) is 0 Å². The van der Waals surface area contributed by atoms with Gasteiger partial charge in [0.25, 0.3) is 0 Å². The van der Waals surface area contributed by atoms with E-state index in [1.807, 2.05) is 0 Å². The van der Waals surface area contributed by atoms with E-state index < -0.39 is 0 Å². The molecule has 0 aromatic rings. The minimum atomic E-state index is 0.148. The molecule has 5 atom stereocenters. The van der Waals surface area contributed by atoms with Gasteiger partial charge >= 0.3 is 0 Å². The third-order valence-electron chi connectivity index (χ3n) is 7.96. The van der Waals surface area contributed by atoms with E-state index >= 15 is 0 Å². The van der Waals surface area contributed by atoms with Gasteiger partial charge in [-0.25, -0.2) is 10.4 Å². The maximum atomic E-state index is 4.41. The number of nitrogens with one attached hydrogen (secondary N) is 1. The lowest BCUT2D eigenvalue weighted by Crippen LogP contribution is -2.43. The van der Waals surface area contributed by atoms with Crippen LogP contribution in [-0.4, -0.2) is 17.2 Å². The summed E-state index contributed by atoms with van der Waals surface area (Å²) in [6, 6.07) is 0.495. The van der Waals surface area contributed by atoms with Gasteiger partial charge in [0.2, 0.25) is 0 Å². The quantitative estimate of drug-likeness (QED) is 0.313. The van der Waals surface area contributed by atoms with Crippen molar-refractivity contribution in [3.63, 3.8) is 0 Å². The Bertz CT molecular complexity index is 597. The topological polar surface area (TPSA) is 25.0 Å². The van der Waals surface area contributed by atoms with Crippen molar-refractivity contribution in [1.82, 2.24) is 10.4 Å². The third kappa shape index (κ3) is 6.44. The lowest BCUT2D eigenvalue weighted by Gasteiger charge is -2.50. The second kappa shape index (κ2) is 8.50. The molecule has 0 aromatic carbocycles. The molecule has 1 N–H and O–H groups in total. The van der Waals surface area contributed by atoms with Crippen LogP contribution >= 0.6 is 0 Å². The van der Waals surface area contributed by atoms with E-state index in [1.54, 1.807) is 0 Å². The van der Waals surface area contributed by atoms with Gasteiger partial charge in [0, 0.05) is 12.0 Å². The van der Waals surface area contributed by atoms with Gasteiger partial charge in [-0.15, -0.1) is 0 Å². The molecule has 0 radical (unpaired) electrons. The molecule has 1 saturated heterocycles. The first kappa shape index (κ1) is 26.4. The Morgan fingerprint density at radius 1 is 0.862 bits per heavy atom. The van der Waals surface area contributed by atoms with E-state index in [4.69, 9.17) is 0 Å². The Labute approximate surface area is 183 Å². The second-order valence-corrected chi connectivity index (χ2v) is 13.4. The molecular formula is C27H52N2. The Hall–Kier alpha value is -0.600. The van der Waals surface area contributed by atoms with Crippen LogP contribution in [0.3, 0.4) is 0 Å². The molecule has 1 aliphatic heterocycles. The van der Waals surface area contributed by atoms with Gasteiger partial charge in [0.15, 0.2) is 0 Å². The molecule has 0 aliphatic carbocycles. The monoisotopic (exact) mass is 404 g/mol. The van der Waals surface area contributed by atoms with E-state index in [0.717, 1.165) is 6.42 Å². The average Bonchev–Trinajstić information content (AvgIpc) is 3.26. The molecule has 2 heteroatoms. The van der Waals surface area contributed by atoms with Gasteiger partial charge in [0.1, 0.15) is 0 Å². The molecule has 1 aliphatic rings. The first-order valence-electron chi connectivity index (χ1n) is 11.6. The fourth-order valence-electron chi connectivity index (χ4n) is 4.67. The van der Waals surface area contributed by atoms with Crippen LogP contribution in [0.25, 0.3) is 0 Å². The van der Waals surface area contributed by atoms with Crippen LogP contribution in [0.15, 0.2) is 24.3 Å². The van der Waals surface area contributed by atoms with Crippen molar-refractivity contribution >= 4 is 0 Å². The van der Waals surface area contributed by atoms with E-state index in [0.29, 0.717) is 29.5 Å². The largest absolute Gasteiger partial charge is 0.234 e. The third-order valence-corrected chi connectivity index (χ3v) is 7.96. The lowest BCUT2D eigenvalue weighted by atomic mass is 9.54. The normalized spacial score (nSPS) is 24.0. The smallest absolute Gasteiger partial charge is 0.0932 e. The van der Waals surface area contributed by atoms with Crippen molar-refractivity contribution in [2.24, 2.45) is 33.5 Å². The molecule has 0 aromatic heterocycles. The van der Waals surface area contributed by atoms with Crippen LogP contribution in [0.1, 0.15) is 103 Å². The number of hydrazine groups is 1. The van der Waals surface area contributed by atoms with Crippen LogP contribution in [0.5, 0.6) is 0 Å². The summed E-state index contributed by atoms with van der Waals surface area (Å²) < 4.78 is 0. The fraction of sp³-hybridized carbons (Fsp3) is 0.852. The standard InChI is InChI=1S/C27H52N2/c1-18(2)21(23-28-29(23)20(5)25(9,10)11)16-26(12,13)27(14,15)22(19(3)4)17-24(6,7)8/h20-23,28H,1,3,16-17H2,2,4-15H3. The van der Waals surface area contributed by atoms with Crippen molar-refractivity contribution in [2.45, 2.75) is 115 Å². The first-order valence-corrected chi connectivity index (χ1v) is 11.6. The molecule has 1 rings (SSSR count). The molecule has 29 heavy (non-hydrogen) atoms. The summed E-state index contributed by atoms with van der Waals surface area (Å²) >= 11 is 0. The zero-order valence-corrected chi connectivity index (χ0v) is 22.1. The summed E-state index contributed by atoms with van der Waals surface area (Å²) in [6.07, 6.45) is 2.71. The maximum Gasteiger partial charge on any atom is 0.0932 e. The SMILES string of the molecule is C=C(C)C(CC(C)(C)C(C)(C)C(CC(C)(C)C)C(=C)C)C1NN1C(C)C(C)(C)C. The van der Waals surface area contributed by atoms with Crippen molar-refractivity contribution < 1.29 is 0 Å². The minimum absolute atomic E-state index is 0.148. The van der Waals surface area contributed by atoms with E-state index in [1.165, 1.54) is 17.6 Å². The van der Waals surface area contributed by atoms with Crippen LogP contribution in [0, 0.1) is 33.5 Å². The minimum Gasteiger partial charge on any atom is -0.234 e. The van der Waals surface area contributed by atoms with E-state index in [2.05, 4.69) is 114 Å². The van der Waals surface area contributed by atoms with E-state index in [-0.39, 0.29) is 16.2 Å². The highest BCUT2D eigenvalue weighted by molar-refractivity contribution is 5.12. The highest BCUT2D eigenvalue weighted by Gasteiger charge is 2.51. The maximum absolute atomic E-state index is 4.41. The summed E-state index contributed by atoms with van der Waals surface area (Å²) in [6.45, 7) is 39.4. The Kier molecular flexibility index (Phi) is 7.75. The summed E-state index contributed by atoms with van der Waals surface area (Å²) in [4.78, 5) is 0. The number of nitrogens with zero attached hydrogens (tertiary/aromatic N) is 1. The van der Waals surface area contributed by atoms with Crippen molar-refractivity contribution in [3.8, 4) is 0 Å². The predicted molar refractivity (Wildman–Crippen MR) is 131 cm³/mol. The van der Waals surface area contributed by atoms with Crippen molar-refractivity contribution in [1.29, 1.82) is 0 Å². The van der Waals surface area contributed by atoms with E-state index in [9.17, 15) is 0 Å². The highest BCUT2D eigenvalue weighted by atomic mass is 15.8. The summed E-state index contributed by atoms with van der Waals surface area (Å²) in [5.41, 5.74) is 7.14. The second-order valence-electron chi connectivity index (χ2n) is 13.4. The molecule has 0 spiro atoms. The van der Waals surface area contributed by atoms with Gasteiger partial charge in [-0.05, 0) is 61.2 Å². The summed E-state index contributed by atoms with van der Waals surface area (Å²) in [7, 11) is 0. The zero-order chi connectivity index (χ0) is 23.2. The van der Waals surface area contributed by atoms with Crippen molar-refractivity contribution in [3.05, 3.63) is 24.3 Å². The van der Waals surface area contributed by atoms with Gasteiger partial charge in [-0.3, -0.25) is 0 Å². The lowest BCUT2D eigenvalue weighted by molar-refractivity contribution is 0.0172. The molecule has 170 valence electrons. The molecule has 2 nitrogen and oxygen atoms in total. The number of hydrogen-bond donors (Lipinski definition) is 1. The van der Waals surface area contributed by atoms with Crippen molar-refractivity contribution in [2.75, 3.05) is 0 Å². The van der Waals surface area contributed by atoms with Crippen LogP contribution in [0.2, 0.25) is 0 Å². The Morgan fingerprint density at radius 3 is 1.69 bits per heavy atom. The predicted octanol–water partition coefficient (Wildman–Crippen LogP) is 7.83.